The monoisotopic (exact) mass is 276 g/mol. The van der Waals surface area contributed by atoms with Gasteiger partial charge in [0.05, 0.1) is 17.0 Å². The number of nitrogens with zero attached hydrogens (tertiary/aromatic N) is 1. The van der Waals surface area contributed by atoms with Gasteiger partial charge in [0.25, 0.3) is 5.69 Å². The molecule has 0 spiro atoms. The Kier molecular flexibility index (Phi) is 3.69. The van der Waals surface area contributed by atoms with E-state index in [0.29, 0.717) is 17.0 Å². The fourth-order valence-electron chi connectivity index (χ4n) is 1.78. The van der Waals surface area contributed by atoms with Crippen LogP contribution in [-0.4, -0.2) is 16.0 Å². The van der Waals surface area contributed by atoms with Crippen molar-refractivity contribution in [3.63, 3.8) is 0 Å². The van der Waals surface area contributed by atoms with Gasteiger partial charge in [0.15, 0.2) is 0 Å². The molecule has 0 radical (unpaired) electrons. The number of anilines is 1. The first-order chi connectivity index (χ1) is 9.49. The van der Waals surface area contributed by atoms with Crippen LogP contribution in [0.25, 0.3) is 0 Å². The summed E-state index contributed by atoms with van der Waals surface area (Å²) in [6.07, 6.45) is 1.15. The number of hydrogen-bond donors (Lipinski definition) is 2. The number of aromatic carboxylic acids is 1. The Morgan fingerprint density at radius 3 is 2.85 bits per heavy atom. The van der Waals surface area contributed by atoms with Crippen molar-refractivity contribution in [2.45, 2.75) is 13.5 Å². The van der Waals surface area contributed by atoms with Crippen molar-refractivity contribution < 1.29 is 19.2 Å². The molecule has 104 valence electrons. The molecular weight excluding hydrogens is 264 g/mol. The largest absolute Gasteiger partial charge is 0.478 e. The van der Waals surface area contributed by atoms with Gasteiger partial charge < -0.3 is 14.8 Å². The van der Waals surface area contributed by atoms with E-state index in [1.807, 2.05) is 0 Å². The van der Waals surface area contributed by atoms with Gasteiger partial charge in [-0.3, -0.25) is 10.1 Å². The average Bonchev–Trinajstić information content (AvgIpc) is 2.86. The highest BCUT2D eigenvalue weighted by Gasteiger charge is 2.13. The molecule has 2 rings (SSSR count). The van der Waals surface area contributed by atoms with E-state index in [2.05, 4.69) is 5.32 Å². The van der Waals surface area contributed by atoms with Crippen molar-refractivity contribution in [1.29, 1.82) is 0 Å². The Bertz CT molecular complexity index is 663. The topological polar surface area (TPSA) is 106 Å². The first kappa shape index (κ1) is 13.6. The average molecular weight is 276 g/mol. The second-order valence-corrected chi connectivity index (χ2v) is 4.17. The maximum Gasteiger partial charge on any atom is 0.338 e. The highest BCUT2D eigenvalue weighted by atomic mass is 16.6. The number of hydrogen-bond acceptors (Lipinski definition) is 5. The molecular formula is C13H12N2O5. The lowest BCUT2D eigenvalue weighted by Gasteiger charge is -2.07. The highest BCUT2D eigenvalue weighted by Crippen LogP contribution is 2.25. The minimum absolute atomic E-state index is 0.0284. The van der Waals surface area contributed by atoms with Crippen LogP contribution in [0, 0.1) is 17.0 Å². The number of nitro groups is 1. The number of furan rings is 1. The van der Waals surface area contributed by atoms with E-state index < -0.39 is 10.9 Å². The fraction of sp³-hybridized carbons (Fsp3) is 0.154. The van der Waals surface area contributed by atoms with Crippen LogP contribution in [-0.2, 0) is 6.54 Å². The van der Waals surface area contributed by atoms with Gasteiger partial charge in [-0.2, -0.15) is 0 Å². The van der Waals surface area contributed by atoms with Gasteiger partial charge in [-0.15, -0.1) is 0 Å². The summed E-state index contributed by atoms with van der Waals surface area (Å²) in [5.74, 6) is -0.625. The molecule has 20 heavy (non-hydrogen) atoms. The van der Waals surface area contributed by atoms with E-state index in [0.717, 1.165) is 6.26 Å². The van der Waals surface area contributed by atoms with Crippen LogP contribution in [0.5, 0.6) is 0 Å². The van der Waals surface area contributed by atoms with Crippen molar-refractivity contribution in [2.75, 3.05) is 5.32 Å². The number of carbonyl (C=O) groups is 1. The van der Waals surface area contributed by atoms with Gasteiger partial charge in [0.2, 0.25) is 0 Å². The summed E-state index contributed by atoms with van der Waals surface area (Å²) >= 11 is 0. The first-order valence-corrected chi connectivity index (χ1v) is 5.77. The molecule has 0 aliphatic rings. The molecule has 1 aromatic carbocycles. The van der Waals surface area contributed by atoms with Crippen LogP contribution in [0.3, 0.4) is 0 Å². The fourth-order valence-corrected chi connectivity index (χ4v) is 1.78. The third-order valence-electron chi connectivity index (χ3n) is 2.86. The summed E-state index contributed by atoms with van der Waals surface area (Å²) in [4.78, 5) is 21.1. The zero-order chi connectivity index (χ0) is 14.7. The summed E-state index contributed by atoms with van der Waals surface area (Å²) in [6.45, 7) is 1.89. The standard InChI is InChI=1S/C13H12N2O5/c1-8-11(3-2-4-12(8)15(18)19)14-6-10-5-9(7-20-10)13(16)17/h2-5,7,14H,6H2,1H3,(H,16,17). The summed E-state index contributed by atoms with van der Waals surface area (Å²) in [5, 5.41) is 22.6. The second kappa shape index (κ2) is 5.43. The molecule has 0 saturated carbocycles. The molecule has 0 atom stereocenters. The Balaban J connectivity index is 2.12. The SMILES string of the molecule is Cc1c(NCc2cc(C(=O)O)co2)cccc1[N+](=O)[O-]. The number of carboxylic acids is 1. The van der Waals surface area contributed by atoms with Crippen molar-refractivity contribution in [1.82, 2.24) is 0 Å². The zero-order valence-corrected chi connectivity index (χ0v) is 10.6. The minimum atomic E-state index is -1.06. The number of carboxylic acid groups (broad SMARTS) is 1. The summed E-state index contributed by atoms with van der Waals surface area (Å²) in [7, 11) is 0. The van der Waals surface area contributed by atoms with Gasteiger partial charge >= 0.3 is 5.97 Å². The van der Waals surface area contributed by atoms with Crippen LogP contribution in [0.1, 0.15) is 21.7 Å². The van der Waals surface area contributed by atoms with Gasteiger partial charge in [-0.25, -0.2) is 4.79 Å². The van der Waals surface area contributed by atoms with Crippen LogP contribution >= 0.6 is 0 Å². The second-order valence-electron chi connectivity index (χ2n) is 4.17. The number of rotatable bonds is 5. The molecule has 0 amide bonds. The third-order valence-corrected chi connectivity index (χ3v) is 2.86. The van der Waals surface area contributed by atoms with Crippen LogP contribution in [0.15, 0.2) is 34.9 Å². The smallest absolute Gasteiger partial charge is 0.338 e. The first-order valence-electron chi connectivity index (χ1n) is 5.77. The van der Waals surface area contributed by atoms with Gasteiger partial charge in [-0.05, 0) is 19.1 Å². The lowest BCUT2D eigenvalue weighted by molar-refractivity contribution is -0.385. The highest BCUT2D eigenvalue weighted by molar-refractivity contribution is 5.87. The Labute approximate surface area is 114 Å². The van der Waals surface area contributed by atoms with Gasteiger partial charge in [0.1, 0.15) is 12.0 Å². The number of nitro benzene ring substituents is 1. The molecule has 0 aliphatic heterocycles. The van der Waals surface area contributed by atoms with E-state index in [-0.39, 0.29) is 17.8 Å². The normalized spacial score (nSPS) is 10.2. The van der Waals surface area contributed by atoms with E-state index in [1.165, 1.54) is 12.1 Å². The maximum atomic E-state index is 10.8. The van der Waals surface area contributed by atoms with Gasteiger partial charge in [-0.1, -0.05) is 6.07 Å². The van der Waals surface area contributed by atoms with Crippen molar-refractivity contribution in [3.8, 4) is 0 Å². The van der Waals surface area contributed by atoms with Crippen molar-refractivity contribution >= 4 is 17.3 Å². The summed E-state index contributed by atoms with van der Waals surface area (Å²) in [5.41, 5.74) is 1.22. The lowest BCUT2D eigenvalue weighted by Crippen LogP contribution is -2.02. The molecule has 0 fully saturated rings. The molecule has 2 aromatic rings. The molecule has 1 heterocycles. The Morgan fingerprint density at radius 2 is 2.25 bits per heavy atom. The summed E-state index contributed by atoms with van der Waals surface area (Å²) in [6, 6.07) is 6.12. The van der Waals surface area contributed by atoms with Crippen molar-refractivity contribution in [2.24, 2.45) is 0 Å². The van der Waals surface area contributed by atoms with E-state index in [4.69, 9.17) is 9.52 Å². The van der Waals surface area contributed by atoms with Crippen LogP contribution < -0.4 is 5.32 Å². The van der Waals surface area contributed by atoms with Crippen LogP contribution in [0.4, 0.5) is 11.4 Å². The van der Waals surface area contributed by atoms with E-state index in [1.54, 1.807) is 19.1 Å². The maximum absolute atomic E-state index is 10.8. The summed E-state index contributed by atoms with van der Waals surface area (Å²) < 4.78 is 5.09. The quantitative estimate of drug-likeness (QED) is 0.642. The van der Waals surface area contributed by atoms with E-state index in [9.17, 15) is 14.9 Å². The predicted molar refractivity (Wildman–Crippen MR) is 70.8 cm³/mol. The minimum Gasteiger partial charge on any atom is -0.478 e. The number of nitrogens with one attached hydrogen (secondary N) is 1. The van der Waals surface area contributed by atoms with Gasteiger partial charge in [0, 0.05) is 17.3 Å². The Hall–Kier alpha value is -2.83. The zero-order valence-electron chi connectivity index (χ0n) is 10.6. The molecule has 7 heteroatoms. The van der Waals surface area contributed by atoms with E-state index >= 15 is 0 Å². The molecule has 0 aliphatic carbocycles. The molecule has 0 bridgehead atoms. The predicted octanol–water partition coefficient (Wildman–Crippen LogP) is 2.81. The molecule has 2 N–H and O–H groups in total. The van der Waals surface area contributed by atoms with Crippen LogP contribution in [0.2, 0.25) is 0 Å². The third kappa shape index (κ3) is 2.77. The molecule has 0 saturated heterocycles. The molecule has 1 aromatic heterocycles. The van der Waals surface area contributed by atoms with Crippen molar-refractivity contribution in [3.05, 3.63) is 57.5 Å². The number of benzene rings is 1. The Morgan fingerprint density at radius 1 is 1.50 bits per heavy atom. The molecule has 7 nitrogen and oxygen atoms in total. The molecule has 0 unspecified atom stereocenters. The lowest BCUT2D eigenvalue weighted by atomic mass is 10.1.